The van der Waals surface area contributed by atoms with Gasteiger partial charge in [0.2, 0.25) is 5.95 Å². The SMILES string of the molecule is CCCn1c(Sc2nc(N)ncc2C)n[nH]c1=O. The van der Waals surface area contributed by atoms with Gasteiger partial charge in [-0.3, -0.25) is 4.57 Å². The molecule has 0 saturated carbocycles. The van der Waals surface area contributed by atoms with E-state index in [4.69, 9.17) is 5.73 Å². The second-order valence-electron chi connectivity index (χ2n) is 3.78. The van der Waals surface area contributed by atoms with Crippen LogP contribution in [0.15, 0.2) is 21.2 Å². The number of aromatic amines is 1. The summed E-state index contributed by atoms with van der Waals surface area (Å²) in [5.74, 6) is 0.211. The maximum Gasteiger partial charge on any atom is 0.343 e. The van der Waals surface area contributed by atoms with E-state index in [0.717, 1.165) is 12.0 Å². The summed E-state index contributed by atoms with van der Waals surface area (Å²) in [4.78, 5) is 19.6. The molecule has 2 rings (SSSR count). The molecule has 8 heteroatoms. The molecule has 18 heavy (non-hydrogen) atoms. The standard InChI is InChI=1S/C10H14N6OS/c1-3-4-16-9(17)14-15-10(16)18-7-6(2)5-12-8(11)13-7/h5H,3-4H2,1-2H3,(H,14,17)(H2,11,12,13). The van der Waals surface area contributed by atoms with Gasteiger partial charge in [-0.25, -0.2) is 19.9 Å². The third-order valence-electron chi connectivity index (χ3n) is 2.30. The first-order chi connectivity index (χ1) is 8.61. The summed E-state index contributed by atoms with van der Waals surface area (Å²) in [5.41, 5.74) is 6.24. The van der Waals surface area contributed by atoms with Crippen LogP contribution in [0.3, 0.4) is 0 Å². The van der Waals surface area contributed by atoms with Gasteiger partial charge in [-0.1, -0.05) is 6.92 Å². The number of nitrogens with two attached hydrogens (primary N) is 1. The van der Waals surface area contributed by atoms with Gasteiger partial charge >= 0.3 is 5.69 Å². The molecule has 0 atom stereocenters. The number of rotatable bonds is 4. The Labute approximate surface area is 108 Å². The highest BCUT2D eigenvalue weighted by molar-refractivity contribution is 7.99. The first-order valence-corrected chi connectivity index (χ1v) is 6.35. The van der Waals surface area contributed by atoms with Crippen molar-refractivity contribution in [1.29, 1.82) is 0 Å². The van der Waals surface area contributed by atoms with Crippen LogP contribution in [0.4, 0.5) is 5.95 Å². The fourth-order valence-corrected chi connectivity index (χ4v) is 2.33. The zero-order valence-corrected chi connectivity index (χ0v) is 11.0. The molecule has 7 nitrogen and oxygen atoms in total. The molecule has 0 radical (unpaired) electrons. The van der Waals surface area contributed by atoms with Crippen molar-refractivity contribution < 1.29 is 0 Å². The van der Waals surface area contributed by atoms with Gasteiger partial charge in [-0.2, -0.15) is 0 Å². The third-order valence-corrected chi connectivity index (χ3v) is 3.40. The summed E-state index contributed by atoms with van der Waals surface area (Å²) in [6.45, 7) is 4.51. The molecule has 0 bridgehead atoms. The van der Waals surface area contributed by atoms with Crippen LogP contribution in [-0.2, 0) is 6.54 Å². The summed E-state index contributed by atoms with van der Waals surface area (Å²) in [5, 5.41) is 7.72. The van der Waals surface area contributed by atoms with Gasteiger partial charge in [0, 0.05) is 18.3 Å². The summed E-state index contributed by atoms with van der Waals surface area (Å²) in [7, 11) is 0. The molecule has 0 aliphatic rings. The van der Waals surface area contributed by atoms with Crippen molar-refractivity contribution in [3.8, 4) is 0 Å². The highest BCUT2D eigenvalue weighted by Crippen LogP contribution is 2.26. The number of H-pyrrole nitrogens is 1. The van der Waals surface area contributed by atoms with E-state index in [-0.39, 0.29) is 11.6 Å². The fourth-order valence-electron chi connectivity index (χ4n) is 1.43. The molecule has 0 unspecified atom stereocenters. The molecule has 2 heterocycles. The Morgan fingerprint density at radius 3 is 3.06 bits per heavy atom. The lowest BCUT2D eigenvalue weighted by Crippen LogP contribution is -2.17. The Morgan fingerprint density at radius 2 is 2.33 bits per heavy atom. The van der Waals surface area contributed by atoms with Crippen molar-refractivity contribution in [3.05, 3.63) is 22.2 Å². The molecular formula is C10H14N6OS. The second kappa shape index (κ2) is 5.21. The van der Waals surface area contributed by atoms with E-state index in [1.165, 1.54) is 11.8 Å². The normalized spacial score (nSPS) is 10.8. The predicted molar refractivity (Wildman–Crippen MR) is 68.4 cm³/mol. The lowest BCUT2D eigenvalue weighted by Gasteiger charge is -2.05. The average molecular weight is 266 g/mol. The lowest BCUT2D eigenvalue weighted by atomic mass is 10.4. The van der Waals surface area contributed by atoms with Crippen LogP contribution >= 0.6 is 11.8 Å². The van der Waals surface area contributed by atoms with Gasteiger partial charge in [-0.05, 0) is 25.1 Å². The van der Waals surface area contributed by atoms with Crippen LogP contribution in [0.5, 0.6) is 0 Å². The Balaban J connectivity index is 2.34. The van der Waals surface area contributed by atoms with Crippen LogP contribution in [0.25, 0.3) is 0 Å². The van der Waals surface area contributed by atoms with E-state index in [9.17, 15) is 4.79 Å². The zero-order chi connectivity index (χ0) is 13.1. The molecule has 0 fully saturated rings. The largest absolute Gasteiger partial charge is 0.368 e. The van der Waals surface area contributed by atoms with E-state index in [2.05, 4.69) is 20.2 Å². The van der Waals surface area contributed by atoms with E-state index in [1.807, 2.05) is 13.8 Å². The van der Waals surface area contributed by atoms with Crippen molar-refractivity contribution in [2.75, 3.05) is 5.73 Å². The number of aryl methyl sites for hydroxylation is 1. The molecule has 3 N–H and O–H groups in total. The zero-order valence-electron chi connectivity index (χ0n) is 10.2. The van der Waals surface area contributed by atoms with Crippen molar-refractivity contribution in [2.45, 2.75) is 37.0 Å². The van der Waals surface area contributed by atoms with Gasteiger partial charge in [-0.15, -0.1) is 5.10 Å². The van der Waals surface area contributed by atoms with Gasteiger partial charge in [0.25, 0.3) is 0 Å². The second-order valence-corrected chi connectivity index (χ2v) is 4.74. The maximum absolute atomic E-state index is 11.5. The Kier molecular flexibility index (Phi) is 3.66. The van der Waals surface area contributed by atoms with Crippen molar-refractivity contribution in [1.82, 2.24) is 24.7 Å². The van der Waals surface area contributed by atoms with Crippen molar-refractivity contribution in [2.24, 2.45) is 0 Å². The third kappa shape index (κ3) is 2.53. The van der Waals surface area contributed by atoms with E-state index in [1.54, 1.807) is 10.8 Å². The van der Waals surface area contributed by atoms with Crippen LogP contribution in [0, 0.1) is 6.92 Å². The molecule has 0 spiro atoms. The first-order valence-electron chi connectivity index (χ1n) is 5.54. The molecule has 0 aromatic carbocycles. The quantitative estimate of drug-likeness (QED) is 0.794. The number of aromatic nitrogens is 5. The monoisotopic (exact) mass is 266 g/mol. The minimum atomic E-state index is -0.209. The smallest absolute Gasteiger partial charge is 0.343 e. The minimum absolute atomic E-state index is 0.209. The number of hydrogen-bond donors (Lipinski definition) is 2. The van der Waals surface area contributed by atoms with E-state index < -0.39 is 0 Å². The summed E-state index contributed by atoms with van der Waals surface area (Å²) >= 11 is 1.31. The highest BCUT2D eigenvalue weighted by Gasteiger charge is 2.12. The Hall–Kier alpha value is -1.83. The summed E-state index contributed by atoms with van der Waals surface area (Å²) in [6.07, 6.45) is 2.51. The molecule has 96 valence electrons. The molecule has 0 aliphatic carbocycles. The van der Waals surface area contributed by atoms with Crippen LogP contribution in [0.1, 0.15) is 18.9 Å². The van der Waals surface area contributed by atoms with E-state index in [0.29, 0.717) is 16.7 Å². The minimum Gasteiger partial charge on any atom is -0.368 e. The van der Waals surface area contributed by atoms with Crippen molar-refractivity contribution >= 4 is 17.7 Å². The predicted octanol–water partition coefficient (Wildman–Crippen LogP) is 0.813. The molecule has 0 amide bonds. The number of nitrogens with one attached hydrogen (secondary N) is 1. The number of hydrogen-bond acceptors (Lipinski definition) is 6. The molecule has 0 aliphatic heterocycles. The topological polar surface area (TPSA) is 102 Å². The highest BCUT2D eigenvalue weighted by atomic mass is 32.2. The number of nitrogens with zero attached hydrogens (tertiary/aromatic N) is 4. The average Bonchev–Trinajstić information content (AvgIpc) is 2.67. The van der Waals surface area contributed by atoms with Crippen LogP contribution in [0.2, 0.25) is 0 Å². The van der Waals surface area contributed by atoms with E-state index >= 15 is 0 Å². The summed E-state index contributed by atoms with van der Waals surface area (Å²) < 4.78 is 1.59. The van der Waals surface area contributed by atoms with Crippen LogP contribution < -0.4 is 11.4 Å². The lowest BCUT2D eigenvalue weighted by molar-refractivity contribution is 0.603. The van der Waals surface area contributed by atoms with Crippen LogP contribution in [-0.4, -0.2) is 24.7 Å². The van der Waals surface area contributed by atoms with Gasteiger partial charge in [0.05, 0.1) is 0 Å². The number of nitrogen functional groups attached to an aromatic ring is 1. The number of anilines is 1. The molecule has 0 saturated heterocycles. The maximum atomic E-state index is 11.5. The van der Waals surface area contributed by atoms with Gasteiger partial charge in [0.1, 0.15) is 5.03 Å². The summed E-state index contributed by atoms with van der Waals surface area (Å²) in [6, 6.07) is 0. The Bertz CT molecular complexity index is 605. The molecular weight excluding hydrogens is 252 g/mol. The van der Waals surface area contributed by atoms with Crippen molar-refractivity contribution in [3.63, 3.8) is 0 Å². The van der Waals surface area contributed by atoms with Gasteiger partial charge in [0.15, 0.2) is 5.16 Å². The first kappa shape index (κ1) is 12.6. The molecule has 2 aromatic rings. The Morgan fingerprint density at radius 1 is 1.56 bits per heavy atom. The fraction of sp³-hybridized carbons (Fsp3) is 0.400. The molecule has 2 aromatic heterocycles. The van der Waals surface area contributed by atoms with Gasteiger partial charge < -0.3 is 5.73 Å².